The van der Waals surface area contributed by atoms with Crippen molar-refractivity contribution in [1.29, 1.82) is 0 Å². The summed E-state index contributed by atoms with van der Waals surface area (Å²) in [6.07, 6.45) is 1.05. The van der Waals surface area contributed by atoms with Crippen LogP contribution in [0.5, 0.6) is 0 Å². The number of hydrogen-bond acceptors (Lipinski definition) is 4. The molecule has 0 aliphatic heterocycles. The van der Waals surface area contributed by atoms with E-state index in [9.17, 15) is 10.1 Å². The molecule has 2 N–H and O–H groups in total. The number of ether oxygens (including phenoxy) is 1. The van der Waals surface area contributed by atoms with Crippen molar-refractivity contribution in [1.82, 2.24) is 10.6 Å². The van der Waals surface area contributed by atoms with Crippen molar-refractivity contribution in [3.8, 4) is 0 Å². The lowest BCUT2D eigenvalue weighted by molar-refractivity contribution is -0.385. The molecule has 1 aromatic carbocycles. The molecule has 24 heavy (non-hydrogen) atoms. The average molecular weight is 450 g/mol. The Morgan fingerprint density at radius 2 is 2.00 bits per heavy atom. The van der Waals surface area contributed by atoms with Crippen molar-refractivity contribution in [2.45, 2.75) is 26.8 Å². The molecule has 0 fully saturated rings. The molecule has 0 atom stereocenters. The van der Waals surface area contributed by atoms with E-state index in [4.69, 9.17) is 4.74 Å². The van der Waals surface area contributed by atoms with Gasteiger partial charge in [0.25, 0.3) is 5.69 Å². The Hall–Kier alpha value is -1.42. The van der Waals surface area contributed by atoms with Gasteiger partial charge >= 0.3 is 0 Å². The van der Waals surface area contributed by atoms with Gasteiger partial charge in [0.15, 0.2) is 5.96 Å². The van der Waals surface area contributed by atoms with Crippen molar-refractivity contribution < 1.29 is 9.66 Å². The maximum Gasteiger partial charge on any atom is 0.274 e. The minimum Gasteiger partial charge on any atom is -0.380 e. The molecule has 0 unspecified atom stereocenters. The third-order valence-corrected chi connectivity index (χ3v) is 3.24. The lowest BCUT2D eigenvalue weighted by atomic mass is 10.1. The lowest BCUT2D eigenvalue weighted by Crippen LogP contribution is -2.38. The largest absolute Gasteiger partial charge is 0.380 e. The maximum atomic E-state index is 11.0. The zero-order chi connectivity index (χ0) is 17.1. The van der Waals surface area contributed by atoms with Gasteiger partial charge in [-0.3, -0.25) is 15.1 Å². The van der Waals surface area contributed by atoms with Crippen LogP contribution in [-0.2, 0) is 11.3 Å². The highest BCUT2D eigenvalue weighted by Gasteiger charge is 2.12. The number of benzene rings is 1. The number of aliphatic imine (C=N–C) groups is 1. The van der Waals surface area contributed by atoms with Crippen LogP contribution in [0.2, 0.25) is 0 Å². The average Bonchev–Trinajstić information content (AvgIpc) is 2.53. The van der Waals surface area contributed by atoms with Crippen LogP contribution in [0.1, 0.15) is 25.8 Å². The predicted molar refractivity (Wildman–Crippen MR) is 107 cm³/mol. The molecule has 0 radical (unpaired) electrons. The standard InChI is InChI=1S/C16H26N4O3.HI/c1-13(2)8-10-23-11-9-18-16(17-3)19-12-14-6-4-5-7-15(14)20(21)22;/h4-7,13H,8-12H2,1-3H3,(H2,17,18,19);1H. The quantitative estimate of drug-likeness (QED) is 0.151. The molecule has 1 rings (SSSR count). The highest BCUT2D eigenvalue weighted by molar-refractivity contribution is 14.0. The zero-order valence-electron chi connectivity index (χ0n) is 14.4. The van der Waals surface area contributed by atoms with Gasteiger partial charge in [-0.25, -0.2) is 0 Å². The number of halogens is 1. The van der Waals surface area contributed by atoms with E-state index >= 15 is 0 Å². The Kier molecular flexibility index (Phi) is 12.2. The van der Waals surface area contributed by atoms with E-state index < -0.39 is 0 Å². The van der Waals surface area contributed by atoms with Gasteiger partial charge in [0.05, 0.1) is 11.5 Å². The van der Waals surface area contributed by atoms with Gasteiger partial charge in [0.1, 0.15) is 0 Å². The Bertz CT molecular complexity index is 524. The summed E-state index contributed by atoms with van der Waals surface area (Å²) in [4.78, 5) is 14.7. The van der Waals surface area contributed by atoms with E-state index in [0.29, 0.717) is 37.1 Å². The topological polar surface area (TPSA) is 88.8 Å². The van der Waals surface area contributed by atoms with Crippen molar-refractivity contribution >= 4 is 35.6 Å². The first-order chi connectivity index (χ1) is 11.0. The summed E-state index contributed by atoms with van der Waals surface area (Å²) >= 11 is 0. The van der Waals surface area contributed by atoms with Crippen LogP contribution in [0.25, 0.3) is 0 Å². The van der Waals surface area contributed by atoms with Crippen LogP contribution in [0, 0.1) is 16.0 Å². The summed E-state index contributed by atoms with van der Waals surface area (Å²) in [6, 6.07) is 6.66. The third kappa shape index (κ3) is 9.02. The van der Waals surface area contributed by atoms with Gasteiger partial charge in [-0.2, -0.15) is 0 Å². The third-order valence-electron chi connectivity index (χ3n) is 3.24. The highest BCUT2D eigenvalue weighted by Crippen LogP contribution is 2.16. The summed E-state index contributed by atoms with van der Waals surface area (Å²) in [5.41, 5.74) is 0.723. The van der Waals surface area contributed by atoms with Crippen molar-refractivity contribution in [2.75, 3.05) is 26.8 Å². The maximum absolute atomic E-state index is 11.0. The number of rotatable bonds is 9. The Balaban J connectivity index is 0.00000529. The predicted octanol–water partition coefficient (Wildman–Crippen LogP) is 2.94. The van der Waals surface area contributed by atoms with Crippen LogP contribution in [0.15, 0.2) is 29.3 Å². The molecule has 136 valence electrons. The molecule has 0 saturated heterocycles. The summed E-state index contributed by atoms with van der Waals surface area (Å²) in [5.74, 6) is 1.23. The van der Waals surface area contributed by atoms with Gasteiger partial charge in [0, 0.05) is 38.4 Å². The van der Waals surface area contributed by atoms with Gasteiger partial charge in [-0.1, -0.05) is 32.0 Å². The second-order valence-electron chi connectivity index (χ2n) is 5.53. The molecule has 0 spiro atoms. The van der Waals surface area contributed by atoms with Crippen LogP contribution in [0.3, 0.4) is 0 Å². The Morgan fingerprint density at radius 1 is 1.29 bits per heavy atom. The summed E-state index contributed by atoms with van der Waals surface area (Å²) in [7, 11) is 1.66. The fourth-order valence-corrected chi connectivity index (χ4v) is 1.90. The first-order valence-electron chi connectivity index (χ1n) is 7.79. The fraction of sp³-hybridized carbons (Fsp3) is 0.562. The SMILES string of the molecule is CN=C(NCCOCCC(C)C)NCc1ccccc1[N+](=O)[O-].I. The Morgan fingerprint density at radius 3 is 2.62 bits per heavy atom. The molecule has 8 heteroatoms. The monoisotopic (exact) mass is 450 g/mol. The number of nitro groups is 1. The number of nitrogens with zero attached hydrogens (tertiary/aromatic N) is 2. The fourth-order valence-electron chi connectivity index (χ4n) is 1.90. The molecule has 0 aliphatic rings. The van der Waals surface area contributed by atoms with Crippen molar-refractivity contribution in [2.24, 2.45) is 10.9 Å². The van der Waals surface area contributed by atoms with Crippen LogP contribution in [-0.4, -0.2) is 37.7 Å². The van der Waals surface area contributed by atoms with Crippen molar-refractivity contribution in [3.05, 3.63) is 39.9 Å². The first kappa shape index (κ1) is 22.6. The number of nitro benzene ring substituents is 1. The summed E-state index contributed by atoms with van der Waals surface area (Å²) in [5, 5.41) is 17.2. The second kappa shape index (κ2) is 12.9. The number of para-hydroxylation sites is 1. The number of nitrogens with one attached hydrogen (secondary N) is 2. The molecule has 0 amide bonds. The molecule has 7 nitrogen and oxygen atoms in total. The van der Waals surface area contributed by atoms with Crippen LogP contribution >= 0.6 is 24.0 Å². The van der Waals surface area contributed by atoms with E-state index in [2.05, 4.69) is 29.5 Å². The molecule has 0 heterocycles. The lowest BCUT2D eigenvalue weighted by Gasteiger charge is -2.12. The normalized spacial score (nSPS) is 11.1. The van der Waals surface area contributed by atoms with E-state index in [1.54, 1.807) is 25.2 Å². The molecular formula is C16H27IN4O3. The van der Waals surface area contributed by atoms with E-state index in [1.165, 1.54) is 6.07 Å². The van der Waals surface area contributed by atoms with E-state index in [0.717, 1.165) is 13.0 Å². The summed E-state index contributed by atoms with van der Waals surface area (Å²) in [6.45, 7) is 6.65. The minimum atomic E-state index is -0.379. The molecule has 0 saturated carbocycles. The summed E-state index contributed by atoms with van der Waals surface area (Å²) < 4.78 is 5.52. The molecule has 0 aromatic heterocycles. The zero-order valence-corrected chi connectivity index (χ0v) is 16.8. The second-order valence-corrected chi connectivity index (χ2v) is 5.53. The van der Waals surface area contributed by atoms with Crippen LogP contribution in [0.4, 0.5) is 5.69 Å². The van der Waals surface area contributed by atoms with E-state index in [-0.39, 0.29) is 34.6 Å². The minimum absolute atomic E-state index is 0. The Labute approximate surface area is 160 Å². The van der Waals surface area contributed by atoms with Crippen molar-refractivity contribution in [3.63, 3.8) is 0 Å². The molecule has 0 bridgehead atoms. The number of hydrogen-bond donors (Lipinski definition) is 2. The van der Waals surface area contributed by atoms with E-state index in [1.807, 2.05) is 0 Å². The van der Waals surface area contributed by atoms with Gasteiger partial charge < -0.3 is 15.4 Å². The van der Waals surface area contributed by atoms with Gasteiger partial charge in [-0.15, -0.1) is 24.0 Å². The molecule has 0 aliphatic carbocycles. The molecule has 1 aromatic rings. The highest BCUT2D eigenvalue weighted by atomic mass is 127. The molecular weight excluding hydrogens is 423 g/mol. The van der Waals surface area contributed by atoms with Gasteiger partial charge in [0.2, 0.25) is 0 Å². The number of guanidine groups is 1. The smallest absolute Gasteiger partial charge is 0.274 e. The first-order valence-corrected chi connectivity index (χ1v) is 7.79. The van der Waals surface area contributed by atoms with Gasteiger partial charge in [-0.05, 0) is 12.3 Å². The van der Waals surface area contributed by atoms with Crippen LogP contribution < -0.4 is 10.6 Å².